The van der Waals surface area contributed by atoms with Gasteiger partial charge in [-0.3, -0.25) is 4.79 Å². The molecule has 1 aliphatic carbocycles. The SMILES string of the molecule is O=C(O)CC1(Cl)C=CC=CC1Cl. The topological polar surface area (TPSA) is 37.3 Å². The van der Waals surface area contributed by atoms with Crippen LogP contribution in [0.25, 0.3) is 0 Å². The van der Waals surface area contributed by atoms with Crippen LogP contribution in [0.4, 0.5) is 0 Å². The fourth-order valence-corrected chi connectivity index (χ4v) is 1.51. The van der Waals surface area contributed by atoms with Gasteiger partial charge in [0.25, 0.3) is 0 Å². The molecule has 0 aromatic carbocycles. The largest absolute Gasteiger partial charge is 0.481 e. The summed E-state index contributed by atoms with van der Waals surface area (Å²) in [6.07, 6.45) is 6.58. The maximum Gasteiger partial charge on any atom is 0.305 e. The van der Waals surface area contributed by atoms with E-state index in [4.69, 9.17) is 28.3 Å². The van der Waals surface area contributed by atoms with Crippen LogP contribution in [-0.4, -0.2) is 21.3 Å². The van der Waals surface area contributed by atoms with Crippen molar-refractivity contribution in [1.29, 1.82) is 0 Å². The summed E-state index contributed by atoms with van der Waals surface area (Å²) in [4.78, 5) is 9.45. The van der Waals surface area contributed by atoms with Gasteiger partial charge in [-0.2, -0.15) is 0 Å². The normalized spacial score (nSPS) is 33.7. The molecule has 0 aliphatic heterocycles. The zero-order valence-electron chi connectivity index (χ0n) is 6.21. The van der Waals surface area contributed by atoms with E-state index in [1.807, 2.05) is 0 Å². The minimum atomic E-state index is -0.970. The summed E-state index contributed by atoms with van der Waals surface area (Å²) < 4.78 is 0. The molecular weight excluding hydrogens is 199 g/mol. The van der Waals surface area contributed by atoms with Gasteiger partial charge in [-0.05, 0) is 0 Å². The van der Waals surface area contributed by atoms with Gasteiger partial charge in [0.05, 0.1) is 16.7 Å². The molecule has 1 aliphatic rings. The van der Waals surface area contributed by atoms with E-state index in [2.05, 4.69) is 0 Å². The Hall–Kier alpha value is -0.470. The van der Waals surface area contributed by atoms with Crippen LogP contribution in [0.5, 0.6) is 0 Å². The molecule has 0 heterocycles. The molecule has 0 saturated carbocycles. The highest BCUT2D eigenvalue weighted by Gasteiger charge is 2.35. The van der Waals surface area contributed by atoms with E-state index in [1.165, 1.54) is 0 Å². The fourth-order valence-electron chi connectivity index (χ4n) is 1.02. The Kier molecular flexibility index (Phi) is 2.80. The maximum absolute atomic E-state index is 10.4. The average Bonchev–Trinajstić information content (AvgIpc) is 1.94. The van der Waals surface area contributed by atoms with Crippen molar-refractivity contribution in [2.75, 3.05) is 0 Å². The van der Waals surface area contributed by atoms with Gasteiger partial charge in [0.15, 0.2) is 0 Å². The highest BCUT2D eigenvalue weighted by atomic mass is 35.5. The summed E-state index contributed by atoms with van der Waals surface area (Å²) >= 11 is 11.8. The molecule has 66 valence electrons. The predicted molar refractivity (Wildman–Crippen MR) is 48.8 cm³/mol. The Bertz CT molecular complexity index is 247. The number of halogens is 2. The van der Waals surface area contributed by atoms with Gasteiger partial charge in [0.1, 0.15) is 0 Å². The van der Waals surface area contributed by atoms with Gasteiger partial charge in [0, 0.05) is 0 Å². The van der Waals surface area contributed by atoms with E-state index in [0.717, 1.165) is 0 Å². The molecule has 2 unspecified atom stereocenters. The van der Waals surface area contributed by atoms with Crippen molar-refractivity contribution in [2.45, 2.75) is 16.7 Å². The van der Waals surface area contributed by atoms with Gasteiger partial charge in [0.2, 0.25) is 0 Å². The average molecular weight is 207 g/mol. The van der Waals surface area contributed by atoms with E-state index >= 15 is 0 Å². The first kappa shape index (κ1) is 9.62. The highest BCUT2D eigenvalue weighted by Crippen LogP contribution is 2.33. The molecule has 0 amide bonds. The quantitative estimate of drug-likeness (QED) is 0.704. The number of carbonyl (C=O) groups is 1. The van der Waals surface area contributed by atoms with E-state index in [0.29, 0.717) is 0 Å². The van der Waals surface area contributed by atoms with Crippen LogP contribution in [-0.2, 0) is 4.79 Å². The number of alkyl halides is 2. The molecule has 0 bridgehead atoms. The standard InChI is InChI=1S/C8H8Cl2O2/c9-6-3-1-2-4-8(6,10)5-7(11)12/h1-4,6H,5H2,(H,11,12). The second kappa shape index (κ2) is 3.50. The minimum Gasteiger partial charge on any atom is -0.481 e. The first-order valence-electron chi connectivity index (χ1n) is 3.45. The molecule has 0 spiro atoms. The maximum atomic E-state index is 10.4. The third-order valence-corrected chi connectivity index (χ3v) is 2.79. The summed E-state index contributed by atoms with van der Waals surface area (Å²) in [6, 6.07) is 0. The molecule has 1 rings (SSSR count). The second-order valence-electron chi connectivity index (χ2n) is 2.64. The van der Waals surface area contributed by atoms with Gasteiger partial charge in [-0.25, -0.2) is 0 Å². The summed E-state index contributed by atoms with van der Waals surface area (Å²) in [6.45, 7) is 0. The lowest BCUT2D eigenvalue weighted by Crippen LogP contribution is -2.33. The number of hydrogen-bond acceptors (Lipinski definition) is 1. The Labute approximate surface area is 80.5 Å². The first-order valence-corrected chi connectivity index (χ1v) is 4.27. The summed E-state index contributed by atoms with van der Waals surface area (Å²) in [5.41, 5.74) is 0. The Balaban J connectivity index is 2.76. The van der Waals surface area contributed by atoms with Crippen molar-refractivity contribution >= 4 is 29.2 Å². The van der Waals surface area contributed by atoms with Crippen LogP contribution in [0.1, 0.15) is 6.42 Å². The lowest BCUT2D eigenvalue weighted by Gasteiger charge is -2.26. The van der Waals surface area contributed by atoms with Crippen LogP contribution in [0.3, 0.4) is 0 Å². The zero-order valence-corrected chi connectivity index (χ0v) is 7.72. The molecule has 0 aromatic heterocycles. The predicted octanol–water partition coefficient (Wildman–Crippen LogP) is 2.17. The van der Waals surface area contributed by atoms with E-state index in [9.17, 15) is 4.79 Å². The van der Waals surface area contributed by atoms with Crippen molar-refractivity contribution in [3.8, 4) is 0 Å². The van der Waals surface area contributed by atoms with Crippen molar-refractivity contribution in [2.24, 2.45) is 0 Å². The lowest BCUT2D eigenvalue weighted by atomic mass is 9.96. The lowest BCUT2D eigenvalue weighted by molar-refractivity contribution is -0.137. The van der Waals surface area contributed by atoms with E-state index < -0.39 is 16.2 Å². The third-order valence-electron chi connectivity index (χ3n) is 1.65. The number of rotatable bonds is 2. The summed E-state index contributed by atoms with van der Waals surface area (Å²) in [7, 11) is 0. The Morgan fingerprint density at radius 2 is 2.25 bits per heavy atom. The molecular formula is C8H8Cl2O2. The molecule has 4 heteroatoms. The number of hydrogen-bond donors (Lipinski definition) is 1. The van der Waals surface area contributed by atoms with E-state index in [-0.39, 0.29) is 6.42 Å². The minimum absolute atomic E-state index is 0.163. The van der Waals surface area contributed by atoms with Crippen LogP contribution >= 0.6 is 23.2 Å². The Morgan fingerprint density at radius 1 is 1.58 bits per heavy atom. The van der Waals surface area contributed by atoms with Gasteiger partial charge in [-0.15, -0.1) is 23.2 Å². The van der Waals surface area contributed by atoms with Crippen molar-refractivity contribution in [1.82, 2.24) is 0 Å². The first-order chi connectivity index (χ1) is 5.54. The zero-order chi connectivity index (χ0) is 9.19. The van der Waals surface area contributed by atoms with Crippen LogP contribution < -0.4 is 0 Å². The monoisotopic (exact) mass is 206 g/mol. The van der Waals surface area contributed by atoms with Gasteiger partial charge >= 0.3 is 5.97 Å². The third kappa shape index (κ3) is 2.02. The molecule has 0 saturated heterocycles. The number of carboxylic acid groups (broad SMARTS) is 1. The molecule has 12 heavy (non-hydrogen) atoms. The highest BCUT2D eigenvalue weighted by molar-refractivity contribution is 6.35. The van der Waals surface area contributed by atoms with Crippen LogP contribution in [0.15, 0.2) is 24.3 Å². The summed E-state index contributed by atoms with van der Waals surface area (Å²) in [5, 5.41) is 8.09. The van der Waals surface area contributed by atoms with Crippen molar-refractivity contribution in [3.63, 3.8) is 0 Å². The van der Waals surface area contributed by atoms with Gasteiger partial charge < -0.3 is 5.11 Å². The smallest absolute Gasteiger partial charge is 0.305 e. The van der Waals surface area contributed by atoms with E-state index in [1.54, 1.807) is 24.3 Å². The number of carboxylic acids is 1. The van der Waals surface area contributed by atoms with Gasteiger partial charge in [-0.1, -0.05) is 24.3 Å². The molecule has 2 atom stereocenters. The molecule has 0 fully saturated rings. The summed E-state index contributed by atoms with van der Waals surface area (Å²) in [5.74, 6) is -0.949. The molecule has 2 nitrogen and oxygen atoms in total. The van der Waals surface area contributed by atoms with Crippen molar-refractivity contribution in [3.05, 3.63) is 24.3 Å². The number of allylic oxidation sites excluding steroid dienone is 4. The molecule has 0 aromatic rings. The number of aliphatic carboxylic acids is 1. The fraction of sp³-hybridized carbons (Fsp3) is 0.375. The molecule has 0 radical (unpaired) electrons. The molecule has 1 N–H and O–H groups in total. The second-order valence-corrected chi connectivity index (χ2v) is 3.82. The van der Waals surface area contributed by atoms with Crippen LogP contribution in [0.2, 0.25) is 0 Å². The van der Waals surface area contributed by atoms with Crippen molar-refractivity contribution < 1.29 is 9.90 Å². The van der Waals surface area contributed by atoms with Crippen LogP contribution in [0, 0.1) is 0 Å². The Morgan fingerprint density at radius 3 is 2.75 bits per heavy atom.